The van der Waals surface area contributed by atoms with E-state index in [-0.39, 0.29) is 17.0 Å². The van der Waals surface area contributed by atoms with E-state index in [4.69, 9.17) is 11.6 Å². The normalized spacial score (nSPS) is 15.4. The van der Waals surface area contributed by atoms with E-state index in [1.54, 1.807) is 6.08 Å². The molecule has 0 aliphatic carbocycles. The zero-order valence-electron chi connectivity index (χ0n) is 20.7. The number of aromatic nitrogens is 3. The first-order valence-electron chi connectivity index (χ1n) is 11.8. The van der Waals surface area contributed by atoms with Gasteiger partial charge >= 0.3 is 0 Å². The summed E-state index contributed by atoms with van der Waals surface area (Å²) in [6, 6.07) is 24.0. The quantitative estimate of drug-likeness (QED) is 0.207. The van der Waals surface area contributed by atoms with Crippen LogP contribution in [0.2, 0.25) is 5.02 Å². The summed E-state index contributed by atoms with van der Waals surface area (Å²) in [4.78, 5) is 15.3. The molecule has 2 heterocycles. The molecule has 36 heavy (non-hydrogen) atoms. The number of benzene rings is 3. The summed E-state index contributed by atoms with van der Waals surface area (Å²) in [6.07, 6.45) is 1.78. The van der Waals surface area contributed by atoms with Crippen molar-refractivity contribution in [2.45, 2.75) is 31.3 Å². The fourth-order valence-corrected chi connectivity index (χ4v) is 5.66. The number of thioether (sulfide) groups is 1. The smallest absolute Gasteiger partial charge is 0.196 e. The number of hydrogen-bond acceptors (Lipinski definition) is 5. The van der Waals surface area contributed by atoms with Crippen LogP contribution in [0.5, 0.6) is 0 Å². The molecule has 0 saturated heterocycles. The topological polar surface area (TPSA) is 51.0 Å². The van der Waals surface area contributed by atoms with E-state index < -0.39 is 0 Å². The van der Waals surface area contributed by atoms with E-state index in [2.05, 4.69) is 54.1 Å². The highest BCUT2D eigenvalue weighted by Crippen LogP contribution is 2.46. The zero-order valence-corrected chi connectivity index (χ0v) is 22.3. The first kappa shape index (κ1) is 24.3. The molecule has 182 valence electrons. The molecule has 3 aromatic carbocycles. The highest BCUT2D eigenvalue weighted by molar-refractivity contribution is 7.99. The van der Waals surface area contributed by atoms with Crippen molar-refractivity contribution in [1.82, 2.24) is 14.8 Å². The number of halogens is 1. The van der Waals surface area contributed by atoms with Crippen LogP contribution in [-0.4, -0.2) is 33.3 Å². The van der Waals surface area contributed by atoms with E-state index in [1.807, 2.05) is 66.2 Å². The number of nitrogens with zero attached hydrogens (tertiary/aromatic N) is 4. The monoisotopic (exact) mass is 514 g/mol. The third-order valence-electron chi connectivity index (χ3n) is 6.67. The second kappa shape index (κ2) is 9.60. The van der Waals surface area contributed by atoms with Crippen molar-refractivity contribution < 1.29 is 4.79 Å². The fraction of sp³-hybridized carbons (Fsp3) is 0.207. The van der Waals surface area contributed by atoms with Crippen LogP contribution in [0, 0.1) is 6.92 Å². The maximum Gasteiger partial charge on any atom is 0.196 e. The molecule has 5 rings (SSSR count). The van der Waals surface area contributed by atoms with Gasteiger partial charge in [0.1, 0.15) is 0 Å². The number of carbonyl (C=O) groups is 1. The summed E-state index contributed by atoms with van der Waals surface area (Å²) in [5.74, 6) is 1.01. The van der Waals surface area contributed by atoms with Crippen LogP contribution in [0.1, 0.15) is 25.0 Å². The number of likely N-dealkylation sites (N-methyl/N-ethyl adjacent to an activating group) is 1. The Bertz CT molecular complexity index is 1470. The summed E-state index contributed by atoms with van der Waals surface area (Å²) in [7, 11) is 2.02. The highest BCUT2D eigenvalue weighted by Gasteiger charge is 2.38. The first-order chi connectivity index (χ1) is 17.3. The van der Waals surface area contributed by atoms with Gasteiger partial charge in [-0.05, 0) is 54.4 Å². The van der Waals surface area contributed by atoms with Gasteiger partial charge in [0.15, 0.2) is 16.8 Å². The highest BCUT2D eigenvalue weighted by atomic mass is 35.5. The number of carbonyl (C=O) groups excluding carboxylic acids is 1. The van der Waals surface area contributed by atoms with Crippen molar-refractivity contribution in [3.05, 3.63) is 101 Å². The number of allylic oxidation sites excluding steroid dienone is 2. The minimum absolute atomic E-state index is 0.0371. The maximum absolute atomic E-state index is 13.2. The Hall–Kier alpha value is -3.35. The second-order valence-corrected chi connectivity index (χ2v) is 10.8. The average Bonchev–Trinajstić information content (AvgIpc) is 3.37. The Kier molecular flexibility index (Phi) is 6.49. The first-order valence-corrected chi connectivity index (χ1v) is 13.1. The van der Waals surface area contributed by atoms with Crippen molar-refractivity contribution >= 4 is 34.8 Å². The van der Waals surface area contributed by atoms with E-state index >= 15 is 0 Å². The van der Waals surface area contributed by atoms with Crippen LogP contribution in [0.25, 0.3) is 17.1 Å². The van der Waals surface area contributed by atoms with Gasteiger partial charge in [-0.2, -0.15) is 0 Å². The predicted molar refractivity (Wildman–Crippen MR) is 148 cm³/mol. The SMILES string of the molecule is Cc1ccccc1-n1c(SCC(=O)/C=C2/N(C)c3ccccc3C2(C)C)nnc1-c1ccc(Cl)cc1. The molecule has 1 aliphatic heterocycles. The average molecular weight is 515 g/mol. The van der Waals surface area contributed by atoms with E-state index in [0.29, 0.717) is 16.0 Å². The third kappa shape index (κ3) is 4.36. The Morgan fingerprint density at radius 1 is 0.972 bits per heavy atom. The summed E-state index contributed by atoms with van der Waals surface area (Å²) in [6.45, 7) is 6.38. The molecule has 1 aromatic heterocycles. The van der Waals surface area contributed by atoms with Crippen LogP contribution in [0.4, 0.5) is 5.69 Å². The van der Waals surface area contributed by atoms with Crippen LogP contribution >= 0.6 is 23.4 Å². The van der Waals surface area contributed by atoms with Crippen molar-refractivity contribution in [2.75, 3.05) is 17.7 Å². The van der Waals surface area contributed by atoms with Crippen molar-refractivity contribution in [2.24, 2.45) is 0 Å². The van der Waals surface area contributed by atoms with Gasteiger partial charge in [-0.15, -0.1) is 10.2 Å². The molecule has 4 aromatic rings. The van der Waals surface area contributed by atoms with Crippen LogP contribution in [0.15, 0.2) is 89.7 Å². The number of aryl methyl sites for hydroxylation is 1. The molecule has 7 heteroatoms. The number of hydrogen-bond donors (Lipinski definition) is 0. The molecule has 0 saturated carbocycles. The lowest BCUT2D eigenvalue weighted by Gasteiger charge is -2.23. The molecular formula is C29H27ClN4OS. The lowest BCUT2D eigenvalue weighted by molar-refractivity contribution is -0.112. The minimum atomic E-state index is -0.241. The van der Waals surface area contributed by atoms with Crippen molar-refractivity contribution in [3.63, 3.8) is 0 Å². The van der Waals surface area contributed by atoms with Gasteiger partial charge in [-0.25, -0.2) is 0 Å². The molecule has 0 bridgehead atoms. The zero-order chi connectivity index (χ0) is 25.4. The van der Waals surface area contributed by atoms with Gasteiger partial charge in [0.25, 0.3) is 0 Å². The minimum Gasteiger partial charge on any atom is -0.347 e. The Balaban J connectivity index is 1.45. The lowest BCUT2D eigenvalue weighted by Crippen LogP contribution is -2.24. The standard InChI is InChI=1S/C29H27ClN4OS/c1-19-9-5-7-11-24(19)34-27(20-13-15-21(30)16-14-20)31-32-28(34)36-18-22(35)17-26-29(2,3)23-10-6-8-12-25(23)33(26)4/h5-17H,18H2,1-4H3/b26-17+. The van der Waals surface area contributed by atoms with Gasteiger partial charge in [0.05, 0.1) is 11.4 Å². The van der Waals surface area contributed by atoms with Gasteiger partial charge in [0.2, 0.25) is 0 Å². The van der Waals surface area contributed by atoms with Gasteiger partial charge in [-0.1, -0.05) is 73.6 Å². The van der Waals surface area contributed by atoms with E-state index in [0.717, 1.165) is 28.2 Å². The Morgan fingerprint density at radius 3 is 2.33 bits per heavy atom. The molecule has 0 amide bonds. The molecule has 0 fully saturated rings. The number of para-hydroxylation sites is 2. The molecule has 0 unspecified atom stereocenters. The van der Waals surface area contributed by atoms with Crippen molar-refractivity contribution in [1.29, 1.82) is 0 Å². The fourth-order valence-electron chi connectivity index (χ4n) is 4.77. The number of anilines is 1. The molecular weight excluding hydrogens is 488 g/mol. The summed E-state index contributed by atoms with van der Waals surface area (Å²) in [5, 5.41) is 10.3. The van der Waals surface area contributed by atoms with Crippen LogP contribution in [0.3, 0.4) is 0 Å². The Labute approximate surface area is 220 Å². The molecule has 5 nitrogen and oxygen atoms in total. The number of rotatable bonds is 6. The Morgan fingerprint density at radius 2 is 1.64 bits per heavy atom. The largest absolute Gasteiger partial charge is 0.347 e. The molecule has 0 radical (unpaired) electrons. The van der Waals surface area contributed by atoms with Crippen molar-refractivity contribution in [3.8, 4) is 17.1 Å². The van der Waals surface area contributed by atoms with E-state index in [1.165, 1.54) is 17.3 Å². The van der Waals surface area contributed by atoms with Crippen LogP contribution in [-0.2, 0) is 10.2 Å². The van der Waals surface area contributed by atoms with E-state index in [9.17, 15) is 4.79 Å². The third-order valence-corrected chi connectivity index (χ3v) is 7.88. The second-order valence-electron chi connectivity index (χ2n) is 9.42. The lowest BCUT2D eigenvalue weighted by atomic mass is 9.83. The predicted octanol–water partition coefficient (Wildman–Crippen LogP) is 6.87. The molecule has 0 spiro atoms. The van der Waals surface area contributed by atoms with Gasteiger partial charge in [-0.3, -0.25) is 9.36 Å². The van der Waals surface area contributed by atoms with Crippen LogP contribution < -0.4 is 4.90 Å². The molecule has 0 atom stereocenters. The maximum atomic E-state index is 13.2. The number of ketones is 1. The molecule has 0 N–H and O–H groups in total. The summed E-state index contributed by atoms with van der Waals surface area (Å²) >= 11 is 7.50. The van der Waals surface area contributed by atoms with Gasteiger partial charge in [0, 0.05) is 40.5 Å². The molecule has 1 aliphatic rings. The summed E-state index contributed by atoms with van der Waals surface area (Å²) in [5.41, 5.74) is 6.10. The number of fused-ring (bicyclic) bond motifs is 1. The summed E-state index contributed by atoms with van der Waals surface area (Å²) < 4.78 is 2.02. The van der Waals surface area contributed by atoms with Gasteiger partial charge < -0.3 is 4.90 Å².